The predicted molar refractivity (Wildman–Crippen MR) is 140 cm³/mol. The number of alkyl halides is 3. The molecule has 4 rings (SSSR count). The van der Waals surface area contributed by atoms with E-state index in [0.717, 1.165) is 17.7 Å². The Balaban J connectivity index is 1.59. The van der Waals surface area contributed by atoms with Crippen LogP contribution in [0.25, 0.3) is 11.0 Å². The number of benzene rings is 2. The summed E-state index contributed by atoms with van der Waals surface area (Å²) < 4.78 is 54.9. The van der Waals surface area contributed by atoms with Crippen LogP contribution < -0.4 is 0 Å². The van der Waals surface area contributed by atoms with E-state index in [1.165, 1.54) is 0 Å². The zero-order valence-electron chi connectivity index (χ0n) is 22.6. The predicted octanol–water partition coefficient (Wildman–Crippen LogP) is 7.12. The summed E-state index contributed by atoms with van der Waals surface area (Å²) >= 11 is 0. The number of nitrogens with zero attached hydrogens (tertiary/aromatic N) is 3. The van der Waals surface area contributed by atoms with Gasteiger partial charge in [-0.15, -0.1) is 0 Å². The lowest BCUT2D eigenvalue weighted by Gasteiger charge is -2.42. The minimum absolute atomic E-state index is 0.298. The molecule has 2 heterocycles. The van der Waals surface area contributed by atoms with Gasteiger partial charge in [0, 0.05) is 30.6 Å². The molecule has 0 radical (unpaired) electrons. The number of imidazole rings is 1. The van der Waals surface area contributed by atoms with Crippen LogP contribution in [0.1, 0.15) is 70.3 Å². The summed E-state index contributed by atoms with van der Waals surface area (Å²) in [6.45, 7) is 11.0. The van der Waals surface area contributed by atoms with E-state index in [2.05, 4.69) is 4.98 Å². The van der Waals surface area contributed by atoms with Crippen LogP contribution in [0.2, 0.25) is 0 Å². The molecule has 0 spiro atoms. The lowest BCUT2D eigenvalue weighted by atomic mass is 9.73. The first-order chi connectivity index (χ1) is 17.8. The number of halogens is 3. The molecule has 0 saturated carbocycles. The molecule has 38 heavy (non-hydrogen) atoms. The number of rotatable bonds is 6. The fraction of sp³-hybridized carbons (Fsp3) is 0.517. The Hall–Kier alpha value is -3.07. The Morgan fingerprint density at radius 1 is 1.11 bits per heavy atom. The number of likely N-dealkylation sites (tertiary alicyclic amines) is 1. The monoisotopic (exact) mass is 531 g/mol. The van der Waals surface area contributed by atoms with Crippen LogP contribution in [0.15, 0.2) is 48.8 Å². The average Bonchev–Trinajstić information content (AvgIpc) is 3.29. The van der Waals surface area contributed by atoms with Gasteiger partial charge in [-0.2, -0.15) is 13.2 Å². The van der Waals surface area contributed by atoms with Crippen molar-refractivity contribution in [3.05, 3.63) is 65.5 Å². The number of hydrogen-bond acceptors (Lipinski definition) is 4. The molecule has 1 aliphatic rings. The lowest BCUT2D eigenvalue weighted by Crippen LogP contribution is -2.48. The summed E-state index contributed by atoms with van der Waals surface area (Å²) in [6, 6.07) is 12.3. The number of fused-ring (bicyclic) bond motifs is 1. The number of aryl methyl sites for hydroxylation is 1. The maximum Gasteiger partial charge on any atom is 0.416 e. The molecule has 3 aromatic rings. The molecule has 1 amide bonds. The van der Waals surface area contributed by atoms with Gasteiger partial charge in [0.1, 0.15) is 5.60 Å². The second-order valence-corrected chi connectivity index (χ2v) is 11.0. The van der Waals surface area contributed by atoms with Crippen LogP contribution in [-0.2, 0) is 27.6 Å². The molecule has 1 aromatic heterocycles. The van der Waals surface area contributed by atoms with Crippen molar-refractivity contribution in [2.45, 2.75) is 77.3 Å². The number of piperidine rings is 1. The number of amides is 1. The van der Waals surface area contributed by atoms with E-state index in [4.69, 9.17) is 9.47 Å². The molecule has 206 valence electrons. The Labute approximate surface area is 221 Å². The van der Waals surface area contributed by atoms with Crippen molar-refractivity contribution in [2.75, 3.05) is 19.7 Å². The highest BCUT2D eigenvalue weighted by Gasteiger charge is 2.40. The standard InChI is InChI=1S/C29H36F3N3O3/c1-6-34-19-33-25-23(16-22(17-24(25)34)29(30,31)32)20(2)37-18-28(21-10-8-7-9-11-21)12-14-35(15-13-28)26(36)38-27(3,4)5/h7-11,16-17,19-20H,6,12-15,18H2,1-5H3. The summed E-state index contributed by atoms with van der Waals surface area (Å²) in [5.41, 5.74) is 0.769. The van der Waals surface area contributed by atoms with Gasteiger partial charge in [-0.3, -0.25) is 0 Å². The highest BCUT2D eigenvalue weighted by molar-refractivity contribution is 5.80. The van der Waals surface area contributed by atoms with Crippen molar-refractivity contribution in [1.29, 1.82) is 0 Å². The van der Waals surface area contributed by atoms with Gasteiger partial charge in [0.15, 0.2) is 0 Å². The highest BCUT2D eigenvalue weighted by atomic mass is 19.4. The van der Waals surface area contributed by atoms with Crippen molar-refractivity contribution in [3.8, 4) is 0 Å². The molecule has 9 heteroatoms. The summed E-state index contributed by atoms with van der Waals surface area (Å²) in [4.78, 5) is 18.8. The zero-order chi connectivity index (χ0) is 27.7. The molecular weight excluding hydrogens is 495 g/mol. The topological polar surface area (TPSA) is 56.6 Å². The van der Waals surface area contributed by atoms with Crippen molar-refractivity contribution < 1.29 is 27.4 Å². The first-order valence-electron chi connectivity index (χ1n) is 13.0. The van der Waals surface area contributed by atoms with Gasteiger partial charge < -0.3 is 18.9 Å². The van der Waals surface area contributed by atoms with Crippen LogP contribution in [-0.4, -0.2) is 45.8 Å². The molecule has 0 aliphatic carbocycles. The van der Waals surface area contributed by atoms with Crippen LogP contribution in [0.5, 0.6) is 0 Å². The zero-order valence-corrected chi connectivity index (χ0v) is 22.6. The fourth-order valence-electron chi connectivity index (χ4n) is 5.04. The molecule has 1 atom stereocenters. The summed E-state index contributed by atoms with van der Waals surface area (Å²) in [5.74, 6) is 0. The maximum absolute atomic E-state index is 13.8. The molecule has 0 N–H and O–H groups in total. The van der Waals surface area contributed by atoms with Crippen molar-refractivity contribution in [2.24, 2.45) is 0 Å². The minimum atomic E-state index is -4.48. The third kappa shape index (κ3) is 5.98. The number of carbonyl (C=O) groups excluding carboxylic acids is 1. The van der Waals surface area contributed by atoms with Gasteiger partial charge in [-0.25, -0.2) is 9.78 Å². The SMILES string of the molecule is CCn1cnc2c(C(C)OCC3(c4ccccc4)CCN(C(=O)OC(C)(C)C)CC3)cc(C(F)(F)F)cc21. The van der Waals surface area contributed by atoms with Gasteiger partial charge in [0.25, 0.3) is 0 Å². The number of aromatic nitrogens is 2. The molecular formula is C29H36F3N3O3. The summed E-state index contributed by atoms with van der Waals surface area (Å²) in [5, 5.41) is 0. The minimum Gasteiger partial charge on any atom is -0.444 e. The molecule has 2 aromatic carbocycles. The van der Waals surface area contributed by atoms with Crippen LogP contribution in [0, 0.1) is 0 Å². The van der Waals surface area contributed by atoms with Crippen molar-refractivity contribution in [1.82, 2.24) is 14.5 Å². The third-order valence-electron chi connectivity index (χ3n) is 7.23. The van der Waals surface area contributed by atoms with E-state index in [0.29, 0.717) is 55.7 Å². The smallest absolute Gasteiger partial charge is 0.416 e. The molecule has 6 nitrogen and oxygen atoms in total. The van der Waals surface area contributed by atoms with E-state index >= 15 is 0 Å². The Kier molecular flexibility index (Phi) is 7.79. The fourth-order valence-corrected chi connectivity index (χ4v) is 5.04. The van der Waals surface area contributed by atoms with E-state index in [-0.39, 0.29) is 6.09 Å². The van der Waals surface area contributed by atoms with Gasteiger partial charge in [0.05, 0.1) is 35.6 Å². The van der Waals surface area contributed by atoms with Gasteiger partial charge in [-0.1, -0.05) is 30.3 Å². The normalized spacial score (nSPS) is 17.0. The number of ether oxygens (including phenoxy) is 2. The first-order valence-corrected chi connectivity index (χ1v) is 13.0. The van der Waals surface area contributed by atoms with Crippen molar-refractivity contribution in [3.63, 3.8) is 0 Å². The Bertz CT molecular complexity index is 1260. The maximum atomic E-state index is 13.8. The van der Waals surface area contributed by atoms with Gasteiger partial charge >= 0.3 is 12.3 Å². The number of hydrogen-bond donors (Lipinski definition) is 0. The van der Waals surface area contributed by atoms with E-state index in [1.807, 2.05) is 58.0 Å². The van der Waals surface area contributed by atoms with E-state index < -0.39 is 28.9 Å². The molecule has 1 fully saturated rings. The molecule has 1 saturated heterocycles. The second-order valence-electron chi connectivity index (χ2n) is 11.0. The van der Waals surface area contributed by atoms with Crippen LogP contribution in [0.4, 0.5) is 18.0 Å². The third-order valence-corrected chi connectivity index (χ3v) is 7.23. The number of carbonyl (C=O) groups is 1. The summed E-state index contributed by atoms with van der Waals surface area (Å²) in [6.07, 6.45) is -2.59. The average molecular weight is 532 g/mol. The Morgan fingerprint density at radius 3 is 2.34 bits per heavy atom. The molecule has 1 unspecified atom stereocenters. The molecule has 0 bridgehead atoms. The molecule has 1 aliphatic heterocycles. The van der Waals surface area contributed by atoms with Crippen LogP contribution >= 0.6 is 0 Å². The second kappa shape index (κ2) is 10.6. The lowest BCUT2D eigenvalue weighted by molar-refractivity contribution is -0.137. The van der Waals surface area contributed by atoms with Crippen molar-refractivity contribution >= 4 is 17.1 Å². The first kappa shape index (κ1) is 28.0. The van der Waals surface area contributed by atoms with E-state index in [9.17, 15) is 18.0 Å². The quantitative estimate of drug-likeness (QED) is 0.340. The van der Waals surface area contributed by atoms with Crippen LogP contribution in [0.3, 0.4) is 0 Å². The highest BCUT2D eigenvalue weighted by Crippen LogP contribution is 2.40. The summed E-state index contributed by atoms with van der Waals surface area (Å²) in [7, 11) is 0. The Morgan fingerprint density at radius 2 is 1.76 bits per heavy atom. The van der Waals surface area contributed by atoms with Gasteiger partial charge in [-0.05, 0) is 65.2 Å². The largest absolute Gasteiger partial charge is 0.444 e. The van der Waals surface area contributed by atoms with E-state index in [1.54, 1.807) is 22.7 Å². The van der Waals surface area contributed by atoms with Gasteiger partial charge in [0.2, 0.25) is 0 Å².